The van der Waals surface area contributed by atoms with Gasteiger partial charge in [0.25, 0.3) is 0 Å². The molecule has 0 aromatic carbocycles. The lowest BCUT2D eigenvalue weighted by molar-refractivity contribution is -0.138. The summed E-state index contributed by atoms with van der Waals surface area (Å²) in [5.41, 5.74) is 0.733. The summed E-state index contributed by atoms with van der Waals surface area (Å²) < 4.78 is 3.92. The van der Waals surface area contributed by atoms with Crippen molar-refractivity contribution in [3.8, 4) is 5.88 Å². The molecule has 0 radical (unpaired) electrons. The second kappa shape index (κ2) is 4.39. The Hall–Kier alpha value is -1.14. The molecule has 3 N–H and O–H groups in total. The molecule has 78 valence electrons. The van der Waals surface area contributed by atoms with Crippen LogP contribution in [0.4, 0.5) is 0 Å². The van der Waals surface area contributed by atoms with E-state index in [9.17, 15) is 9.90 Å². The van der Waals surface area contributed by atoms with E-state index in [1.165, 1.54) is 10.6 Å². The molecule has 1 unspecified atom stereocenters. The molecule has 0 aliphatic carbocycles. The third-order valence-corrected chi connectivity index (χ3v) is 2.38. The number of thiol groups is 1. The molecule has 1 aromatic heterocycles. The third-order valence-electron chi connectivity index (χ3n) is 2.07. The zero-order valence-electron chi connectivity index (χ0n) is 7.64. The zero-order valence-corrected chi connectivity index (χ0v) is 8.53. The molecular weight excluding hydrogens is 204 g/mol. The lowest BCUT2D eigenvalue weighted by atomic mass is 10.2. The summed E-state index contributed by atoms with van der Waals surface area (Å²) in [6, 6.07) is 2.44. The lowest BCUT2D eigenvalue weighted by Gasteiger charge is -2.10. The quantitative estimate of drug-likeness (QED) is 0.541. The highest BCUT2D eigenvalue weighted by Crippen LogP contribution is 2.14. The van der Waals surface area contributed by atoms with Gasteiger partial charge in [-0.1, -0.05) is 12.8 Å². The SMILES string of the molecule is Cn1c(O)ccc1CC(NS)C(=O)O. The first-order valence-electron chi connectivity index (χ1n) is 4.02. The summed E-state index contributed by atoms with van der Waals surface area (Å²) in [6.45, 7) is 0. The van der Waals surface area contributed by atoms with Gasteiger partial charge >= 0.3 is 5.97 Å². The van der Waals surface area contributed by atoms with E-state index in [2.05, 4.69) is 17.5 Å². The molecule has 0 aliphatic rings. The fourth-order valence-corrected chi connectivity index (χ4v) is 1.35. The highest BCUT2D eigenvalue weighted by molar-refractivity contribution is 7.78. The van der Waals surface area contributed by atoms with Crippen molar-refractivity contribution in [2.24, 2.45) is 7.05 Å². The molecular formula is C8H12N2O3S. The average molecular weight is 216 g/mol. The molecule has 5 nitrogen and oxygen atoms in total. The van der Waals surface area contributed by atoms with Gasteiger partial charge < -0.3 is 14.8 Å². The topological polar surface area (TPSA) is 74.5 Å². The molecule has 0 fully saturated rings. The zero-order chi connectivity index (χ0) is 10.7. The minimum atomic E-state index is -0.972. The van der Waals surface area contributed by atoms with Crippen LogP contribution < -0.4 is 4.72 Å². The van der Waals surface area contributed by atoms with E-state index in [1.54, 1.807) is 13.1 Å². The summed E-state index contributed by atoms with van der Waals surface area (Å²) >= 11 is 3.72. The van der Waals surface area contributed by atoms with E-state index in [0.717, 1.165) is 5.69 Å². The van der Waals surface area contributed by atoms with Crippen molar-refractivity contribution in [3.05, 3.63) is 17.8 Å². The van der Waals surface area contributed by atoms with Crippen LogP contribution in [-0.4, -0.2) is 26.8 Å². The third kappa shape index (κ3) is 2.21. The number of carbonyl (C=O) groups is 1. The Kier molecular flexibility index (Phi) is 3.43. The van der Waals surface area contributed by atoms with Crippen LogP contribution in [0, 0.1) is 0 Å². The Bertz CT molecular complexity index is 337. The van der Waals surface area contributed by atoms with Crippen molar-refractivity contribution in [3.63, 3.8) is 0 Å². The number of aromatic nitrogens is 1. The van der Waals surface area contributed by atoms with E-state index in [-0.39, 0.29) is 12.3 Å². The van der Waals surface area contributed by atoms with E-state index < -0.39 is 12.0 Å². The summed E-state index contributed by atoms with van der Waals surface area (Å²) in [4.78, 5) is 10.7. The molecule has 1 rings (SSSR count). The van der Waals surface area contributed by atoms with E-state index >= 15 is 0 Å². The van der Waals surface area contributed by atoms with Crippen molar-refractivity contribution in [2.75, 3.05) is 0 Å². The Morgan fingerprint density at radius 2 is 2.36 bits per heavy atom. The van der Waals surface area contributed by atoms with Crippen LogP contribution in [0.15, 0.2) is 12.1 Å². The van der Waals surface area contributed by atoms with Gasteiger partial charge in [-0.2, -0.15) is 0 Å². The van der Waals surface area contributed by atoms with Gasteiger partial charge in [0.2, 0.25) is 0 Å². The molecule has 0 saturated carbocycles. The summed E-state index contributed by atoms with van der Waals surface area (Å²) in [6.07, 6.45) is 0.274. The second-order valence-corrected chi connectivity index (χ2v) is 3.22. The predicted molar refractivity (Wildman–Crippen MR) is 54.3 cm³/mol. The van der Waals surface area contributed by atoms with Gasteiger partial charge in [-0.05, 0) is 12.1 Å². The number of rotatable bonds is 4. The molecule has 1 atom stereocenters. The van der Waals surface area contributed by atoms with Gasteiger partial charge in [-0.3, -0.25) is 9.52 Å². The predicted octanol–water partition coefficient (Wildman–Crippen LogP) is 0.161. The van der Waals surface area contributed by atoms with Crippen molar-refractivity contribution in [1.29, 1.82) is 0 Å². The number of carboxylic acid groups (broad SMARTS) is 1. The fourth-order valence-electron chi connectivity index (χ4n) is 1.14. The largest absolute Gasteiger partial charge is 0.494 e. The Morgan fingerprint density at radius 3 is 2.71 bits per heavy atom. The Balaban J connectivity index is 2.77. The summed E-state index contributed by atoms with van der Waals surface area (Å²) in [7, 11) is 1.67. The monoisotopic (exact) mass is 216 g/mol. The van der Waals surface area contributed by atoms with Crippen molar-refractivity contribution >= 4 is 18.8 Å². The maximum atomic E-state index is 10.7. The van der Waals surface area contributed by atoms with E-state index in [4.69, 9.17) is 5.11 Å². The molecule has 6 heteroatoms. The van der Waals surface area contributed by atoms with Crippen molar-refractivity contribution < 1.29 is 15.0 Å². The van der Waals surface area contributed by atoms with Gasteiger partial charge in [0.1, 0.15) is 6.04 Å². The molecule has 0 saturated heterocycles. The Labute approximate surface area is 86.9 Å². The highest BCUT2D eigenvalue weighted by atomic mass is 32.1. The van der Waals surface area contributed by atoms with Gasteiger partial charge in [0, 0.05) is 19.2 Å². The summed E-state index contributed by atoms with van der Waals surface area (Å²) in [5.74, 6) is -0.857. The van der Waals surface area contributed by atoms with Gasteiger partial charge in [0.15, 0.2) is 5.88 Å². The first-order valence-corrected chi connectivity index (χ1v) is 4.47. The van der Waals surface area contributed by atoms with Gasteiger partial charge in [0.05, 0.1) is 0 Å². The lowest BCUT2D eigenvalue weighted by Crippen LogP contribution is -2.33. The standard InChI is InChI=1S/C8H12N2O3S/c1-10-5(2-3-7(10)11)4-6(9-14)8(12)13/h2-3,6,9,11,14H,4H2,1H3,(H,12,13). The maximum absolute atomic E-state index is 10.7. The van der Waals surface area contributed by atoms with Crippen molar-refractivity contribution in [2.45, 2.75) is 12.5 Å². The second-order valence-electron chi connectivity index (χ2n) is 2.97. The number of aromatic hydroxyl groups is 1. The van der Waals surface area contributed by atoms with E-state index in [1.807, 2.05) is 0 Å². The molecule has 0 amide bonds. The number of carboxylic acids is 1. The van der Waals surface area contributed by atoms with Crippen LogP contribution in [-0.2, 0) is 18.3 Å². The molecule has 0 bridgehead atoms. The number of aliphatic carboxylic acids is 1. The molecule has 0 aliphatic heterocycles. The summed E-state index contributed by atoms with van der Waals surface area (Å²) in [5, 5.41) is 18.0. The number of nitrogens with one attached hydrogen (secondary N) is 1. The number of hydrogen-bond acceptors (Lipinski definition) is 4. The van der Waals surface area contributed by atoms with Crippen LogP contribution in [0.5, 0.6) is 5.88 Å². The van der Waals surface area contributed by atoms with Gasteiger partial charge in [-0.15, -0.1) is 0 Å². The van der Waals surface area contributed by atoms with Crippen LogP contribution >= 0.6 is 12.8 Å². The fraction of sp³-hybridized carbons (Fsp3) is 0.375. The van der Waals surface area contributed by atoms with Crippen LogP contribution in [0.2, 0.25) is 0 Å². The van der Waals surface area contributed by atoms with Crippen LogP contribution in [0.1, 0.15) is 5.69 Å². The van der Waals surface area contributed by atoms with Gasteiger partial charge in [-0.25, -0.2) is 0 Å². The average Bonchev–Trinajstić information content (AvgIpc) is 2.44. The van der Waals surface area contributed by atoms with Crippen LogP contribution in [0.3, 0.4) is 0 Å². The molecule has 0 spiro atoms. The number of nitrogens with zero attached hydrogens (tertiary/aromatic N) is 1. The Morgan fingerprint density at radius 1 is 1.71 bits per heavy atom. The van der Waals surface area contributed by atoms with E-state index in [0.29, 0.717) is 0 Å². The minimum absolute atomic E-state index is 0.114. The van der Waals surface area contributed by atoms with Crippen molar-refractivity contribution in [1.82, 2.24) is 9.29 Å². The van der Waals surface area contributed by atoms with Crippen LogP contribution in [0.25, 0.3) is 0 Å². The molecule has 1 aromatic rings. The molecule has 1 heterocycles. The first kappa shape index (κ1) is 10.9. The normalized spacial score (nSPS) is 12.7. The molecule has 14 heavy (non-hydrogen) atoms. The smallest absolute Gasteiger partial charge is 0.321 e. The minimum Gasteiger partial charge on any atom is -0.494 e. The number of hydrogen-bond donors (Lipinski definition) is 4. The maximum Gasteiger partial charge on any atom is 0.321 e. The highest BCUT2D eigenvalue weighted by Gasteiger charge is 2.17. The first-order chi connectivity index (χ1) is 6.56.